The number of nitrogens with zero attached hydrogens (tertiary/aromatic N) is 1. The van der Waals surface area contributed by atoms with Crippen molar-refractivity contribution in [2.75, 3.05) is 0 Å². The average molecular weight is 291 g/mol. The maximum absolute atomic E-state index is 13.3. The van der Waals surface area contributed by atoms with Gasteiger partial charge in [0.2, 0.25) is 0 Å². The number of Topliss-reactive ketones (excluding diaryl/α,β-unsaturated/α-hetero) is 1. The summed E-state index contributed by atoms with van der Waals surface area (Å²) in [6.45, 7) is 4.09. The molecule has 1 aliphatic rings. The zero-order chi connectivity index (χ0) is 14.5. The Morgan fingerprint density at radius 1 is 1.30 bits per heavy atom. The fourth-order valence-electron chi connectivity index (χ4n) is 2.54. The first-order chi connectivity index (χ1) is 9.34. The van der Waals surface area contributed by atoms with E-state index in [1.54, 1.807) is 0 Å². The lowest BCUT2D eigenvalue weighted by Gasteiger charge is -2.26. The number of benzene rings is 1. The summed E-state index contributed by atoms with van der Waals surface area (Å²) in [4.78, 5) is 17.3. The van der Waals surface area contributed by atoms with E-state index in [0.29, 0.717) is 21.9 Å². The molecule has 0 atom stereocenters. The van der Waals surface area contributed by atoms with Gasteiger partial charge in [-0.15, -0.1) is 11.3 Å². The van der Waals surface area contributed by atoms with Crippen molar-refractivity contribution in [2.45, 2.75) is 26.7 Å². The molecule has 0 unspecified atom stereocenters. The molecule has 0 spiro atoms. The van der Waals surface area contributed by atoms with E-state index in [0.717, 1.165) is 18.2 Å². The van der Waals surface area contributed by atoms with Crippen molar-refractivity contribution < 1.29 is 14.3 Å². The van der Waals surface area contributed by atoms with Gasteiger partial charge in [-0.3, -0.25) is 4.79 Å². The fraction of sp³-hybridized carbons (Fsp3) is 0.333. The number of phenols is 1. The fourth-order valence-corrected chi connectivity index (χ4v) is 3.55. The molecule has 0 fully saturated rings. The van der Waals surface area contributed by atoms with E-state index < -0.39 is 5.82 Å². The summed E-state index contributed by atoms with van der Waals surface area (Å²) in [5.41, 5.74) is 1.21. The summed E-state index contributed by atoms with van der Waals surface area (Å²) in [5, 5.41) is 10.0. The zero-order valence-electron chi connectivity index (χ0n) is 11.2. The van der Waals surface area contributed by atoms with Crippen LogP contribution >= 0.6 is 11.3 Å². The minimum Gasteiger partial charge on any atom is -0.508 e. The third kappa shape index (κ3) is 2.33. The van der Waals surface area contributed by atoms with Gasteiger partial charge in [-0.05, 0) is 24.0 Å². The summed E-state index contributed by atoms with van der Waals surface area (Å²) in [6, 6.07) is 3.83. The highest BCUT2D eigenvalue weighted by Crippen LogP contribution is 2.39. The van der Waals surface area contributed by atoms with Crippen molar-refractivity contribution >= 4 is 17.1 Å². The third-order valence-corrected chi connectivity index (χ3v) is 4.55. The molecule has 0 aliphatic heterocycles. The highest BCUT2D eigenvalue weighted by molar-refractivity contribution is 7.17. The number of aromatic hydroxyl groups is 1. The van der Waals surface area contributed by atoms with Crippen molar-refractivity contribution in [3.05, 3.63) is 34.6 Å². The van der Waals surface area contributed by atoms with E-state index in [9.17, 15) is 14.3 Å². The topological polar surface area (TPSA) is 50.2 Å². The van der Waals surface area contributed by atoms with Crippen LogP contribution in [0.1, 0.15) is 35.6 Å². The predicted octanol–water partition coefficient (Wildman–Crippen LogP) is 3.81. The SMILES string of the molecule is CC1(C)CC(=O)c2sc(-c3cc(O)cc(F)c3)nc2C1. The largest absolute Gasteiger partial charge is 0.508 e. The molecule has 1 heterocycles. The Labute approximate surface area is 120 Å². The summed E-state index contributed by atoms with van der Waals surface area (Å²) < 4.78 is 13.3. The normalized spacial score (nSPS) is 17.1. The number of hydrogen-bond donors (Lipinski definition) is 1. The number of phenolic OH excluding ortho intramolecular Hbond substituents is 1. The van der Waals surface area contributed by atoms with E-state index >= 15 is 0 Å². The van der Waals surface area contributed by atoms with Crippen molar-refractivity contribution in [3.8, 4) is 16.3 Å². The average Bonchev–Trinajstić information content (AvgIpc) is 2.69. The van der Waals surface area contributed by atoms with Gasteiger partial charge in [0.05, 0.1) is 10.6 Å². The van der Waals surface area contributed by atoms with Gasteiger partial charge in [0.25, 0.3) is 0 Å². The summed E-state index contributed by atoms with van der Waals surface area (Å²) >= 11 is 1.28. The second-order valence-corrected chi connectivity index (χ2v) is 6.93. The molecule has 1 aromatic heterocycles. The van der Waals surface area contributed by atoms with Gasteiger partial charge in [-0.2, -0.15) is 0 Å². The van der Waals surface area contributed by atoms with Gasteiger partial charge in [0.15, 0.2) is 5.78 Å². The molecule has 104 valence electrons. The molecule has 20 heavy (non-hydrogen) atoms. The second-order valence-electron chi connectivity index (χ2n) is 5.93. The first-order valence-electron chi connectivity index (χ1n) is 6.37. The van der Waals surface area contributed by atoms with Crippen molar-refractivity contribution in [2.24, 2.45) is 5.41 Å². The molecule has 3 rings (SSSR count). The molecule has 1 aromatic carbocycles. The van der Waals surface area contributed by atoms with Crippen LogP contribution in [0, 0.1) is 11.2 Å². The number of ketones is 1. The Morgan fingerprint density at radius 2 is 2.05 bits per heavy atom. The molecule has 0 saturated heterocycles. The number of hydrogen-bond acceptors (Lipinski definition) is 4. The predicted molar refractivity (Wildman–Crippen MR) is 75.6 cm³/mol. The Bertz CT molecular complexity index is 686. The molecule has 1 aliphatic carbocycles. The van der Waals surface area contributed by atoms with Crippen LogP contribution < -0.4 is 0 Å². The van der Waals surface area contributed by atoms with Crippen molar-refractivity contribution in [3.63, 3.8) is 0 Å². The highest BCUT2D eigenvalue weighted by atomic mass is 32.1. The number of fused-ring (bicyclic) bond motifs is 1. The lowest BCUT2D eigenvalue weighted by Crippen LogP contribution is -2.25. The van der Waals surface area contributed by atoms with Gasteiger partial charge in [-0.25, -0.2) is 9.37 Å². The standard InChI is InChI=1S/C15H14FNO2S/c1-15(2)6-11-13(12(19)7-15)20-14(17-11)8-3-9(16)5-10(18)4-8/h3-5,18H,6-7H2,1-2H3. The lowest BCUT2D eigenvalue weighted by molar-refractivity contribution is 0.0916. The van der Waals surface area contributed by atoms with Crippen LogP contribution in [-0.2, 0) is 6.42 Å². The van der Waals surface area contributed by atoms with Crippen molar-refractivity contribution in [1.29, 1.82) is 0 Å². The van der Waals surface area contributed by atoms with E-state index in [1.165, 1.54) is 23.5 Å². The molecule has 2 aromatic rings. The van der Waals surface area contributed by atoms with Crippen LogP contribution in [0.15, 0.2) is 18.2 Å². The van der Waals surface area contributed by atoms with Crippen LogP contribution in [-0.4, -0.2) is 15.9 Å². The number of carbonyl (C=O) groups excluding carboxylic acids is 1. The Hall–Kier alpha value is -1.75. The molecular weight excluding hydrogens is 277 g/mol. The highest BCUT2D eigenvalue weighted by Gasteiger charge is 2.34. The van der Waals surface area contributed by atoms with Gasteiger partial charge in [0.1, 0.15) is 16.6 Å². The maximum atomic E-state index is 13.3. The van der Waals surface area contributed by atoms with Crippen LogP contribution in [0.2, 0.25) is 0 Å². The zero-order valence-corrected chi connectivity index (χ0v) is 12.1. The Kier molecular flexibility index (Phi) is 2.90. The second kappa shape index (κ2) is 4.38. The van der Waals surface area contributed by atoms with Crippen LogP contribution in [0.3, 0.4) is 0 Å². The maximum Gasteiger partial charge on any atom is 0.175 e. The molecule has 0 saturated carbocycles. The van der Waals surface area contributed by atoms with E-state index in [4.69, 9.17) is 0 Å². The number of aromatic nitrogens is 1. The van der Waals surface area contributed by atoms with Crippen LogP contribution in [0.5, 0.6) is 5.75 Å². The van der Waals surface area contributed by atoms with E-state index in [2.05, 4.69) is 4.98 Å². The summed E-state index contributed by atoms with van der Waals surface area (Å²) in [6.07, 6.45) is 1.25. The van der Waals surface area contributed by atoms with E-state index in [1.807, 2.05) is 13.8 Å². The van der Waals surface area contributed by atoms with Crippen molar-refractivity contribution in [1.82, 2.24) is 4.98 Å². The van der Waals surface area contributed by atoms with Gasteiger partial charge in [0, 0.05) is 18.1 Å². The Balaban J connectivity index is 2.08. The van der Waals surface area contributed by atoms with E-state index in [-0.39, 0.29) is 16.9 Å². The number of carbonyl (C=O) groups is 1. The molecular formula is C15H14FNO2S. The first kappa shape index (κ1) is 13.2. The van der Waals surface area contributed by atoms with Gasteiger partial charge >= 0.3 is 0 Å². The molecule has 1 N–H and O–H groups in total. The minimum atomic E-state index is -0.514. The monoisotopic (exact) mass is 291 g/mol. The molecule has 0 bridgehead atoms. The summed E-state index contributed by atoms with van der Waals surface area (Å²) in [7, 11) is 0. The smallest absolute Gasteiger partial charge is 0.175 e. The lowest BCUT2D eigenvalue weighted by atomic mass is 9.78. The third-order valence-electron chi connectivity index (χ3n) is 3.37. The van der Waals surface area contributed by atoms with Gasteiger partial charge in [-0.1, -0.05) is 13.8 Å². The number of rotatable bonds is 1. The Morgan fingerprint density at radius 3 is 2.75 bits per heavy atom. The first-order valence-corrected chi connectivity index (χ1v) is 7.18. The summed E-state index contributed by atoms with van der Waals surface area (Å²) in [5.74, 6) is -0.555. The molecule has 5 heteroatoms. The minimum absolute atomic E-state index is 0.0838. The molecule has 0 radical (unpaired) electrons. The number of halogens is 1. The van der Waals surface area contributed by atoms with Crippen LogP contribution in [0.4, 0.5) is 4.39 Å². The quantitative estimate of drug-likeness (QED) is 0.869. The van der Waals surface area contributed by atoms with Crippen LogP contribution in [0.25, 0.3) is 10.6 Å². The molecule has 0 amide bonds. The molecule has 3 nitrogen and oxygen atoms in total. The number of thiazole rings is 1. The van der Waals surface area contributed by atoms with Gasteiger partial charge < -0.3 is 5.11 Å².